The number of nitrogens with one attached hydrogen (secondary N) is 2. The molecule has 138 valence electrons. The minimum absolute atomic E-state index is 0.193. The van der Waals surface area contributed by atoms with Crippen LogP contribution in [0.4, 0.5) is 5.69 Å². The molecule has 0 bridgehead atoms. The Morgan fingerprint density at radius 3 is 2.92 bits per heavy atom. The monoisotopic (exact) mass is 348 g/mol. The average molecular weight is 348 g/mol. The minimum atomic E-state index is 0.193. The van der Waals surface area contributed by atoms with Gasteiger partial charge in [-0.05, 0) is 31.5 Å². The van der Waals surface area contributed by atoms with E-state index in [1.807, 2.05) is 18.2 Å². The normalized spacial score (nSPS) is 23.9. The van der Waals surface area contributed by atoms with Crippen molar-refractivity contribution < 1.29 is 14.2 Å². The Kier molecular flexibility index (Phi) is 5.99. The van der Waals surface area contributed by atoms with Crippen LogP contribution in [0.25, 0.3) is 0 Å². The Balaban J connectivity index is 1.53. The Hall–Kier alpha value is -1.99. The lowest BCUT2D eigenvalue weighted by atomic mass is 10.2. The van der Waals surface area contributed by atoms with E-state index in [4.69, 9.17) is 14.2 Å². The van der Waals surface area contributed by atoms with Crippen LogP contribution in [-0.2, 0) is 4.74 Å². The van der Waals surface area contributed by atoms with Crippen molar-refractivity contribution in [2.45, 2.75) is 25.0 Å². The fourth-order valence-electron chi connectivity index (χ4n) is 3.45. The molecule has 2 fully saturated rings. The fraction of sp³-hybridized carbons (Fsp3) is 0.611. The van der Waals surface area contributed by atoms with Crippen LogP contribution in [0.3, 0.4) is 0 Å². The van der Waals surface area contributed by atoms with E-state index in [1.165, 1.54) is 19.4 Å². The van der Waals surface area contributed by atoms with Crippen LogP contribution in [0.1, 0.15) is 12.8 Å². The lowest BCUT2D eigenvalue weighted by molar-refractivity contribution is -0.0452. The molecule has 2 heterocycles. The Bertz CT molecular complexity index is 608. The summed E-state index contributed by atoms with van der Waals surface area (Å²) in [5.41, 5.74) is 0.884. The van der Waals surface area contributed by atoms with Crippen LogP contribution in [0.2, 0.25) is 0 Å². The Labute approximate surface area is 149 Å². The second-order valence-corrected chi connectivity index (χ2v) is 6.39. The first-order valence-corrected chi connectivity index (χ1v) is 8.79. The van der Waals surface area contributed by atoms with Gasteiger partial charge in [0.25, 0.3) is 0 Å². The van der Waals surface area contributed by atoms with Crippen molar-refractivity contribution in [3.63, 3.8) is 0 Å². The summed E-state index contributed by atoms with van der Waals surface area (Å²) in [5, 5.41) is 6.62. The molecule has 2 aliphatic heterocycles. The molecule has 7 nitrogen and oxygen atoms in total. The number of guanidine groups is 1. The molecule has 2 atom stereocenters. The highest BCUT2D eigenvalue weighted by Crippen LogP contribution is 2.29. The van der Waals surface area contributed by atoms with Crippen LogP contribution in [0, 0.1) is 0 Å². The number of benzene rings is 1. The second-order valence-electron chi connectivity index (χ2n) is 6.39. The van der Waals surface area contributed by atoms with Gasteiger partial charge in [0, 0.05) is 37.9 Å². The fourth-order valence-corrected chi connectivity index (χ4v) is 3.45. The number of methoxy groups -OCH3 is 2. The first kappa shape index (κ1) is 17.8. The lowest BCUT2D eigenvalue weighted by Gasteiger charge is -2.35. The molecule has 2 saturated heterocycles. The van der Waals surface area contributed by atoms with Crippen molar-refractivity contribution in [3.8, 4) is 11.5 Å². The summed E-state index contributed by atoms with van der Waals surface area (Å²) in [6.07, 6.45) is 2.75. The van der Waals surface area contributed by atoms with Gasteiger partial charge in [0.1, 0.15) is 0 Å². The molecule has 1 aromatic rings. The van der Waals surface area contributed by atoms with Crippen LogP contribution in [0.5, 0.6) is 11.5 Å². The maximum absolute atomic E-state index is 5.98. The van der Waals surface area contributed by atoms with E-state index in [0.717, 1.165) is 25.4 Å². The summed E-state index contributed by atoms with van der Waals surface area (Å²) in [4.78, 5) is 6.83. The summed E-state index contributed by atoms with van der Waals surface area (Å²) in [6, 6.07) is 6.31. The molecule has 0 amide bonds. The van der Waals surface area contributed by atoms with Gasteiger partial charge in [-0.1, -0.05) is 0 Å². The summed E-state index contributed by atoms with van der Waals surface area (Å²) in [6.45, 7) is 3.76. The summed E-state index contributed by atoms with van der Waals surface area (Å²) >= 11 is 0. The molecular weight excluding hydrogens is 320 g/mol. The van der Waals surface area contributed by atoms with E-state index < -0.39 is 0 Å². The zero-order valence-electron chi connectivity index (χ0n) is 15.2. The quantitative estimate of drug-likeness (QED) is 0.622. The molecule has 3 rings (SSSR count). The highest BCUT2D eigenvalue weighted by atomic mass is 16.5. The zero-order chi connectivity index (χ0) is 17.6. The molecule has 7 heteroatoms. The van der Waals surface area contributed by atoms with Crippen molar-refractivity contribution in [3.05, 3.63) is 18.2 Å². The third-order valence-corrected chi connectivity index (χ3v) is 4.83. The van der Waals surface area contributed by atoms with Gasteiger partial charge in [-0.2, -0.15) is 0 Å². The van der Waals surface area contributed by atoms with E-state index in [0.29, 0.717) is 23.5 Å². The number of rotatable bonds is 5. The standard InChI is InChI=1S/C18H28N4O3/c1-19-18(21-13-6-7-16(23-2)17(9-13)24-3)20-10-15-11-22-8-4-5-14(22)12-25-15/h6-7,9,14-15H,4-5,8,10-12H2,1-3H3,(H2,19,20,21). The number of morpholine rings is 1. The summed E-state index contributed by atoms with van der Waals surface area (Å²) in [7, 11) is 5.01. The number of nitrogens with zero attached hydrogens (tertiary/aromatic N) is 2. The van der Waals surface area contributed by atoms with Gasteiger partial charge in [-0.25, -0.2) is 0 Å². The van der Waals surface area contributed by atoms with Crippen molar-refractivity contribution in [1.29, 1.82) is 0 Å². The van der Waals surface area contributed by atoms with E-state index in [1.54, 1.807) is 21.3 Å². The summed E-state index contributed by atoms with van der Waals surface area (Å²) < 4.78 is 16.6. The highest BCUT2D eigenvalue weighted by Gasteiger charge is 2.32. The molecule has 25 heavy (non-hydrogen) atoms. The number of anilines is 1. The molecule has 2 aliphatic rings. The molecule has 0 saturated carbocycles. The minimum Gasteiger partial charge on any atom is -0.493 e. The Morgan fingerprint density at radius 1 is 1.32 bits per heavy atom. The maximum Gasteiger partial charge on any atom is 0.195 e. The summed E-state index contributed by atoms with van der Waals surface area (Å²) in [5.74, 6) is 2.09. The van der Waals surface area contributed by atoms with Crippen LogP contribution in [-0.4, -0.2) is 70.5 Å². The second kappa shape index (κ2) is 8.40. The zero-order valence-corrected chi connectivity index (χ0v) is 15.2. The number of fused-ring (bicyclic) bond motifs is 1. The number of hydrogen-bond acceptors (Lipinski definition) is 5. The molecule has 1 aromatic carbocycles. The van der Waals surface area contributed by atoms with Crippen LogP contribution in [0.15, 0.2) is 23.2 Å². The van der Waals surface area contributed by atoms with Gasteiger partial charge in [0.2, 0.25) is 0 Å². The van der Waals surface area contributed by atoms with Gasteiger partial charge in [0.05, 0.1) is 26.9 Å². The maximum atomic E-state index is 5.98. The average Bonchev–Trinajstić information content (AvgIpc) is 3.12. The van der Waals surface area contributed by atoms with Gasteiger partial charge < -0.3 is 24.8 Å². The highest BCUT2D eigenvalue weighted by molar-refractivity contribution is 5.93. The molecule has 0 aromatic heterocycles. The van der Waals surface area contributed by atoms with Gasteiger partial charge in [-0.3, -0.25) is 9.89 Å². The molecule has 0 aliphatic carbocycles. The molecule has 0 radical (unpaired) electrons. The largest absolute Gasteiger partial charge is 0.493 e. The first-order chi connectivity index (χ1) is 12.2. The Morgan fingerprint density at radius 2 is 2.16 bits per heavy atom. The molecule has 0 spiro atoms. The third-order valence-electron chi connectivity index (χ3n) is 4.83. The SMILES string of the molecule is CN=C(NCC1CN2CCCC2CO1)Nc1ccc(OC)c(OC)c1. The van der Waals surface area contributed by atoms with E-state index >= 15 is 0 Å². The van der Waals surface area contributed by atoms with E-state index in [-0.39, 0.29) is 6.10 Å². The smallest absolute Gasteiger partial charge is 0.195 e. The van der Waals surface area contributed by atoms with Crippen LogP contribution < -0.4 is 20.1 Å². The van der Waals surface area contributed by atoms with Gasteiger partial charge in [0.15, 0.2) is 17.5 Å². The van der Waals surface area contributed by atoms with Crippen LogP contribution >= 0.6 is 0 Å². The third kappa shape index (κ3) is 4.35. The number of ether oxygens (including phenoxy) is 3. The molecular formula is C18H28N4O3. The molecule has 2 unspecified atom stereocenters. The predicted octanol–water partition coefficient (Wildman–Crippen LogP) is 1.55. The lowest BCUT2D eigenvalue weighted by Crippen LogP contribution is -2.50. The number of aliphatic imine (C=N–C) groups is 1. The predicted molar refractivity (Wildman–Crippen MR) is 98.9 cm³/mol. The van der Waals surface area contributed by atoms with Gasteiger partial charge >= 0.3 is 0 Å². The van der Waals surface area contributed by atoms with Crippen molar-refractivity contribution in [2.75, 3.05) is 52.8 Å². The van der Waals surface area contributed by atoms with E-state index in [2.05, 4.69) is 20.5 Å². The van der Waals surface area contributed by atoms with Gasteiger partial charge in [-0.15, -0.1) is 0 Å². The van der Waals surface area contributed by atoms with Crippen molar-refractivity contribution in [2.24, 2.45) is 4.99 Å². The van der Waals surface area contributed by atoms with Crippen molar-refractivity contribution in [1.82, 2.24) is 10.2 Å². The topological polar surface area (TPSA) is 67.4 Å². The van der Waals surface area contributed by atoms with E-state index in [9.17, 15) is 0 Å². The molecule has 2 N–H and O–H groups in total. The first-order valence-electron chi connectivity index (χ1n) is 8.79. The number of hydrogen-bond donors (Lipinski definition) is 2. The van der Waals surface area contributed by atoms with Crippen molar-refractivity contribution >= 4 is 11.6 Å².